The number of fused-ring (bicyclic) bond motifs is 1. The second kappa shape index (κ2) is 4.40. The number of methoxy groups -OCH3 is 1. The van der Waals surface area contributed by atoms with Crippen LogP contribution in [0.1, 0.15) is 6.92 Å². The SMILES string of the molecule is COCC(C)Nc1ccc2c(c1)OCO2. The van der Waals surface area contributed by atoms with Crippen LogP contribution in [0.5, 0.6) is 11.5 Å². The van der Waals surface area contributed by atoms with Crippen molar-refractivity contribution >= 4 is 5.69 Å². The van der Waals surface area contributed by atoms with Crippen LogP contribution in [0.4, 0.5) is 5.69 Å². The summed E-state index contributed by atoms with van der Waals surface area (Å²) in [5.41, 5.74) is 1.02. The number of benzene rings is 1. The maximum atomic E-state index is 5.29. The minimum atomic E-state index is 0.273. The highest BCUT2D eigenvalue weighted by Crippen LogP contribution is 2.34. The second-order valence-corrected chi connectivity index (χ2v) is 3.57. The normalized spacial score (nSPS) is 15.1. The molecule has 1 atom stereocenters. The van der Waals surface area contributed by atoms with Gasteiger partial charge in [-0.05, 0) is 19.1 Å². The Kier molecular flexibility index (Phi) is 2.97. The molecule has 82 valence electrons. The fraction of sp³-hybridized carbons (Fsp3) is 0.455. The average Bonchev–Trinajstić information content (AvgIpc) is 2.65. The van der Waals surface area contributed by atoms with Gasteiger partial charge in [0.2, 0.25) is 6.79 Å². The molecule has 0 saturated carbocycles. The standard InChI is InChI=1S/C11H15NO3/c1-8(6-13-2)12-9-3-4-10-11(5-9)15-7-14-10/h3-5,8,12H,6-7H2,1-2H3. The van der Waals surface area contributed by atoms with Crippen LogP contribution in [0.2, 0.25) is 0 Å². The minimum absolute atomic E-state index is 0.273. The molecular weight excluding hydrogens is 194 g/mol. The van der Waals surface area contributed by atoms with Crippen molar-refractivity contribution in [3.8, 4) is 11.5 Å². The van der Waals surface area contributed by atoms with Gasteiger partial charge in [-0.3, -0.25) is 0 Å². The quantitative estimate of drug-likeness (QED) is 0.821. The van der Waals surface area contributed by atoms with Crippen molar-refractivity contribution in [3.63, 3.8) is 0 Å². The fourth-order valence-corrected chi connectivity index (χ4v) is 1.56. The smallest absolute Gasteiger partial charge is 0.231 e. The molecular formula is C11H15NO3. The molecule has 0 bridgehead atoms. The van der Waals surface area contributed by atoms with Crippen molar-refractivity contribution in [2.24, 2.45) is 0 Å². The summed E-state index contributed by atoms with van der Waals surface area (Å²) in [6.07, 6.45) is 0. The molecule has 0 radical (unpaired) electrons. The number of nitrogens with one attached hydrogen (secondary N) is 1. The van der Waals surface area contributed by atoms with Crippen molar-refractivity contribution in [3.05, 3.63) is 18.2 Å². The van der Waals surface area contributed by atoms with Crippen LogP contribution in [0.3, 0.4) is 0 Å². The van der Waals surface area contributed by atoms with Crippen molar-refractivity contribution < 1.29 is 14.2 Å². The van der Waals surface area contributed by atoms with Crippen LogP contribution < -0.4 is 14.8 Å². The Labute approximate surface area is 89.1 Å². The van der Waals surface area contributed by atoms with Crippen molar-refractivity contribution in [2.75, 3.05) is 25.8 Å². The van der Waals surface area contributed by atoms with E-state index in [1.54, 1.807) is 7.11 Å². The van der Waals surface area contributed by atoms with Gasteiger partial charge < -0.3 is 19.5 Å². The van der Waals surface area contributed by atoms with Gasteiger partial charge in [-0.1, -0.05) is 0 Å². The van der Waals surface area contributed by atoms with Gasteiger partial charge in [0.25, 0.3) is 0 Å². The topological polar surface area (TPSA) is 39.7 Å². The number of rotatable bonds is 4. The van der Waals surface area contributed by atoms with Gasteiger partial charge in [0, 0.05) is 24.9 Å². The van der Waals surface area contributed by atoms with E-state index < -0.39 is 0 Å². The third-order valence-corrected chi connectivity index (χ3v) is 2.20. The van der Waals surface area contributed by atoms with E-state index in [1.165, 1.54) is 0 Å². The lowest BCUT2D eigenvalue weighted by Gasteiger charge is -2.14. The number of hydrogen-bond donors (Lipinski definition) is 1. The van der Waals surface area contributed by atoms with Gasteiger partial charge in [-0.15, -0.1) is 0 Å². The molecule has 0 amide bonds. The lowest BCUT2D eigenvalue weighted by atomic mass is 10.2. The third kappa shape index (κ3) is 2.33. The predicted molar refractivity (Wildman–Crippen MR) is 57.5 cm³/mol. The van der Waals surface area contributed by atoms with E-state index in [0.717, 1.165) is 17.2 Å². The number of ether oxygens (including phenoxy) is 3. The first-order chi connectivity index (χ1) is 7.29. The fourth-order valence-electron chi connectivity index (χ4n) is 1.56. The molecule has 1 aromatic carbocycles. The van der Waals surface area contributed by atoms with E-state index in [4.69, 9.17) is 14.2 Å². The minimum Gasteiger partial charge on any atom is -0.454 e. The maximum absolute atomic E-state index is 5.29. The maximum Gasteiger partial charge on any atom is 0.231 e. The van der Waals surface area contributed by atoms with E-state index >= 15 is 0 Å². The zero-order valence-electron chi connectivity index (χ0n) is 8.95. The lowest BCUT2D eigenvalue weighted by Crippen LogP contribution is -2.20. The largest absolute Gasteiger partial charge is 0.454 e. The molecule has 1 aliphatic rings. The lowest BCUT2D eigenvalue weighted by molar-refractivity contribution is 0.174. The molecule has 0 fully saturated rings. The first-order valence-corrected chi connectivity index (χ1v) is 4.94. The summed E-state index contributed by atoms with van der Waals surface area (Å²) >= 11 is 0. The van der Waals surface area contributed by atoms with Crippen LogP contribution in [0, 0.1) is 0 Å². The first kappa shape index (κ1) is 10.1. The third-order valence-electron chi connectivity index (χ3n) is 2.20. The molecule has 4 nitrogen and oxygen atoms in total. The first-order valence-electron chi connectivity index (χ1n) is 4.94. The molecule has 1 unspecified atom stereocenters. The summed E-state index contributed by atoms with van der Waals surface area (Å²) < 4.78 is 15.6. The van der Waals surface area contributed by atoms with E-state index in [1.807, 2.05) is 18.2 Å². The molecule has 1 aliphatic heterocycles. The Balaban J connectivity index is 2.03. The summed E-state index contributed by atoms with van der Waals surface area (Å²) in [6.45, 7) is 3.05. The summed E-state index contributed by atoms with van der Waals surface area (Å²) in [4.78, 5) is 0. The van der Waals surface area contributed by atoms with Crippen molar-refractivity contribution in [2.45, 2.75) is 13.0 Å². The molecule has 4 heteroatoms. The van der Waals surface area contributed by atoms with Crippen LogP contribution in [-0.4, -0.2) is 26.6 Å². The van der Waals surface area contributed by atoms with Gasteiger partial charge in [-0.25, -0.2) is 0 Å². The Morgan fingerprint density at radius 3 is 3.00 bits per heavy atom. The highest BCUT2D eigenvalue weighted by atomic mass is 16.7. The highest BCUT2D eigenvalue weighted by molar-refractivity contribution is 5.55. The van der Waals surface area contributed by atoms with Crippen LogP contribution >= 0.6 is 0 Å². The Morgan fingerprint density at radius 2 is 2.20 bits per heavy atom. The van der Waals surface area contributed by atoms with Crippen molar-refractivity contribution in [1.29, 1.82) is 0 Å². The molecule has 2 rings (SSSR count). The molecule has 1 N–H and O–H groups in total. The van der Waals surface area contributed by atoms with Gasteiger partial charge in [0.05, 0.1) is 6.61 Å². The zero-order chi connectivity index (χ0) is 10.7. The summed E-state index contributed by atoms with van der Waals surface area (Å²) in [5, 5.41) is 3.31. The second-order valence-electron chi connectivity index (χ2n) is 3.57. The Morgan fingerprint density at radius 1 is 1.40 bits per heavy atom. The monoisotopic (exact) mass is 209 g/mol. The van der Waals surface area contributed by atoms with Gasteiger partial charge in [0.15, 0.2) is 11.5 Å². The Bertz CT molecular complexity index is 341. The molecule has 1 aromatic rings. The van der Waals surface area contributed by atoms with E-state index in [2.05, 4.69) is 12.2 Å². The molecule has 1 heterocycles. The summed E-state index contributed by atoms with van der Waals surface area (Å²) in [6, 6.07) is 6.09. The summed E-state index contributed by atoms with van der Waals surface area (Å²) in [7, 11) is 1.69. The highest BCUT2D eigenvalue weighted by Gasteiger charge is 2.13. The van der Waals surface area contributed by atoms with Gasteiger partial charge in [0.1, 0.15) is 0 Å². The molecule has 0 saturated heterocycles. The van der Waals surface area contributed by atoms with E-state index in [0.29, 0.717) is 13.4 Å². The van der Waals surface area contributed by atoms with Crippen LogP contribution in [-0.2, 0) is 4.74 Å². The van der Waals surface area contributed by atoms with Gasteiger partial charge in [-0.2, -0.15) is 0 Å². The molecule has 0 aromatic heterocycles. The van der Waals surface area contributed by atoms with E-state index in [-0.39, 0.29) is 6.04 Å². The van der Waals surface area contributed by atoms with Crippen molar-refractivity contribution in [1.82, 2.24) is 0 Å². The molecule has 0 aliphatic carbocycles. The van der Waals surface area contributed by atoms with Crippen LogP contribution in [0.15, 0.2) is 18.2 Å². The predicted octanol–water partition coefficient (Wildman–Crippen LogP) is 1.86. The van der Waals surface area contributed by atoms with Gasteiger partial charge >= 0.3 is 0 Å². The average molecular weight is 209 g/mol. The molecule has 0 spiro atoms. The Hall–Kier alpha value is -1.42. The number of anilines is 1. The zero-order valence-corrected chi connectivity index (χ0v) is 8.95. The molecule has 15 heavy (non-hydrogen) atoms. The van der Waals surface area contributed by atoms with E-state index in [9.17, 15) is 0 Å². The number of hydrogen-bond acceptors (Lipinski definition) is 4. The summed E-state index contributed by atoms with van der Waals surface area (Å²) in [5.74, 6) is 1.60. The van der Waals surface area contributed by atoms with Crippen LogP contribution in [0.25, 0.3) is 0 Å².